The summed E-state index contributed by atoms with van der Waals surface area (Å²) in [5.74, 6) is 0.0965. The first-order valence-electron chi connectivity index (χ1n) is 6.82. The first-order chi connectivity index (χ1) is 10.2. The summed E-state index contributed by atoms with van der Waals surface area (Å²) in [6.07, 6.45) is 1.90. The summed E-state index contributed by atoms with van der Waals surface area (Å²) in [7, 11) is 0. The summed E-state index contributed by atoms with van der Waals surface area (Å²) in [4.78, 5) is 0. The van der Waals surface area contributed by atoms with Crippen molar-refractivity contribution in [2.75, 3.05) is 0 Å². The molecule has 2 heterocycles. The number of hydrogen-bond acceptors (Lipinski definition) is 3. The molecule has 0 saturated carbocycles. The lowest BCUT2D eigenvalue weighted by molar-refractivity contribution is 0.318. The first-order valence-corrected chi connectivity index (χ1v) is 6.82. The van der Waals surface area contributed by atoms with Gasteiger partial charge in [0.1, 0.15) is 0 Å². The van der Waals surface area contributed by atoms with Gasteiger partial charge >= 0.3 is 0 Å². The van der Waals surface area contributed by atoms with Crippen molar-refractivity contribution in [1.29, 1.82) is 0 Å². The Bertz CT molecular complexity index is 799. The van der Waals surface area contributed by atoms with E-state index in [4.69, 9.17) is 10.9 Å². The number of aryl methyl sites for hydroxylation is 1. The quantitative estimate of drug-likeness (QED) is 0.332. The van der Waals surface area contributed by atoms with Gasteiger partial charge in [0.2, 0.25) is 0 Å². The number of hydrogen-bond donors (Lipinski definition) is 2. The van der Waals surface area contributed by atoms with Gasteiger partial charge in [0.05, 0.1) is 23.4 Å². The molecule has 0 aliphatic carbocycles. The Balaban J connectivity index is 2.05. The van der Waals surface area contributed by atoms with E-state index in [9.17, 15) is 0 Å². The van der Waals surface area contributed by atoms with E-state index in [0.717, 1.165) is 23.1 Å². The van der Waals surface area contributed by atoms with Gasteiger partial charge in [-0.25, -0.2) is 0 Å². The fourth-order valence-electron chi connectivity index (χ4n) is 2.55. The van der Waals surface area contributed by atoms with Crippen LogP contribution in [-0.4, -0.2) is 25.4 Å². The Hall–Kier alpha value is -2.76. The smallest absolute Gasteiger partial charge is 0.186 e. The average molecular weight is 283 g/mol. The lowest BCUT2D eigenvalue weighted by atomic mass is 10.2. The summed E-state index contributed by atoms with van der Waals surface area (Å²) in [6, 6.07) is 11.8. The van der Waals surface area contributed by atoms with E-state index in [1.54, 1.807) is 0 Å². The number of nitrogens with zero attached hydrogens (tertiary/aromatic N) is 4. The second-order valence-electron chi connectivity index (χ2n) is 4.79. The monoisotopic (exact) mass is 283 g/mol. The van der Waals surface area contributed by atoms with Gasteiger partial charge in [-0.2, -0.15) is 5.10 Å². The average Bonchev–Trinajstić information content (AvgIpc) is 3.12. The first kappa shape index (κ1) is 13.2. The van der Waals surface area contributed by atoms with Crippen molar-refractivity contribution in [2.24, 2.45) is 10.9 Å². The highest BCUT2D eigenvalue weighted by Gasteiger charge is 2.12. The molecule has 0 atom stereocenters. The minimum Gasteiger partial charge on any atom is -0.409 e. The van der Waals surface area contributed by atoms with Crippen molar-refractivity contribution in [3.8, 4) is 0 Å². The number of para-hydroxylation sites is 1. The van der Waals surface area contributed by atoms with Crippen LogP contribution in [0.15, 0.2) is 47.8 Å². The highest BCUT2D eigenvalue weighted by molar-refractivity contribution is 5.95. The van der Waals surface area contributed by atoms with Gasteiger partial charge in [-0.3, -0.25) is 4.68 Å². The van der Waals surface area contributed by atoms with Crippen molar-refractivity contribution < 1.29 is 5.21 Å². The van der Waals surface area contributed by atoms with Crippen LogP contribution in [0.4, 0.5) is 0 Å². The number of fused-ring (bicyclic) bond motifs is 1. The molecule has 0 aliphatic rings. The molecule has 108 valence electrons. The van der Waals surface area contributed by atoms with Crippen LogP contribution in [0, 0.1) is 0 Å². The summed E-state index contributed by atoms with van der Waals surface area (Å²) in [5, 5.41) is 17.7. The van der Waals surface area contributed by atoms with Crippen LogP contribution in [0.3, 0.4) is 0 Å². The molecular weight excluding hydrogens is 266 g/mol. The van der Waals surface area contributed by atoms with Crippen molar-refractivity contribution >= 4 is 16.7 Å². The van der Waals surface area contributed by atoms with Gasteiger partial charge in [0, 0.05) is 18.1 Å². The number of aromatic nitrogens is 3. The lowest BCUT2D eigenvalue weighted by Gasteiger charge is -2.06. The van der Waals surface area contributed by atoms with E-state index in [2.05, 4.69) is 29.3 Å². The molecule has 0 unspecified atom stereocenters. The van der Waals surface area contributed by atoms with Crippen LogP contribution >= 0.6 is 0 Å². The van der Waals surface area contributed by atoms with Crippen molar-refractivity contribution in [3.63, 3.8) is 0 Å². The Kier molecular flexibility index (Phi) is 3.35. The number of nitrogens with two attached hydrogens (primary N) is 1. The van der Waals surface area contributed by atoms with Gasteiger partial charge in [-0.05, 0) is 25.1 Å². The Morgan fingerprint density at radius 1 is 1.29 bits per heavy atom. The summed E-state index contributed by atoms with van der Waals surface area (Å²) in [6.45, 7) is 3.46. The van der Waals surface area contributed by atoms with Crippen LogP contribution in [-0.2, 0) is 13.1 Å². The third-order valence-corrected chi connectivity index (χ3v) is 3.55. The largest absolute Gasteiger partial charge is 0.409 e. The van der Waals surface area contributed by atoms with E-state index < -0.39 is 0 Å². The second-order valence-corrected chi connectivity index (χ2v) is 4.79. The van der Waals surface area contributed by atoms with Crippen molar-refractivity contribution in [3.05, 3.63) is 54.0 Å². The maximum absolute atomic E-state index is 8.84. The second kappa shape index (κ2) is 5.32. The van der Waals surface area contributed by atoms with Crippen LogP contribution in [0.2, 0.25) is 0 Å². The maximum atomic E-state index is 8.84. The molecule has 0 amide bonds. The molecule has 0 saturated heterocycles. The van der Waals surface area contributed by atoms with E-state index >= 15 is 0 Å². The van der Waals surface area contributed by atoms with Crippen LogP contribution in [0.1, 0.15) is 18.3 Å². The van der Waals surface area contributed by atoms with Crippen molar-refractivity contribution in [2.45, 2.75) is 20.0 Å². The maximum Gasteiger partial charge on any atom is 0.186 e. The fourth-order valence-corrected chi connectivity index (χ4v) is 2.55. The Morgan fingerprint density at radius 3 is 2.86 bits per heavy atom. The molecule has 3 aromatic rings. The molecule has 1 aromatic carbocycles. The molecule has 6 nitrogen and oxygen atoms in total. The zero-order valence-electron chi connectivity index (χ0n) is 11.8. The molecular formula is C15H17N5O. The molecule has 0 spiro atoms. The summed E-state index contributed by atoms with van der Waals surface area (Å²) in [5.41, 5.74) is 8.45. The Labute approximate surface area is 122 Å². The van der Waals surface area contributed by atoms with E-state index in [1.165, 1.54) is 0 Å². The molecule has 21 heavy (non-hydrogen) atoms. The third kappa shape index (κ3) is 2.24. The predicted molar refractivity (Wildman–Crippen MR) is 81.5 cm³/mol. The van der Waals surface area contributed by atoms with Gasteiger partial charge < -0.3 is 15.5 Å². The number of amidine groups is 1. The third-order valence-electron chi connectivity index (χ3n) is 3.55. The fraction of sp³-hybridized carbons (Fsp3) is 0.200. The predicted octanol–water partition coefficient (Wildman–Crippen LogP) is 2.00. The van der Waals surface area contributed by atoms with Gasteiger partial charge in [-0.1, -0.05) is 23.4 Å². The lowest BCUT2D eigenvalue weighted by Crippen LogP contribution is -2.18. The topological polar surface area (TPSA) is 81.4 Å². The summed E-state index contributed by atoms with van der Waals surface area (Å²) >= 11 is 0. The number of benzene rings is 1. The minimum atomic E-state index is 0.0965. The standard InChI is InChI=1S/C15H17N5O/c1-2-20-13-7-4-3-6-11(13)12(17-20)10-19-9-5-8-14(19)15(16)18-21/h3-9,21H,2,10H2,1H3,(H2,16,18). The number of oxime groups is 1. The summed E-state index contributed by atoms with van der Waals surface area (Å²) < 4.78 is 3.90. The van der Waals surface area contributed by atoms with Crippen LogP contribution in [0.25, 0.3) is 10.9 Å². The van der Waals surface area contributed by atoms with Gasteiger partial charge in [0.25, 0.3) is 0 Å². The number of rotatable bonds is 4. The van der Waals surface area contributed by atoms with E-state index in [1.807, 2.05) is 39.7 Å². The van der Waals surface area contributed by atoms with Crippen LogP contribution in [0.5, 0.6) is 0 Å². The molecule has 3 N–H and O–H groups in total. The molecule has 0 radical (unpaired) electrons. The molecule has 0 bridgehead atoms. The van der Waals surface area contributed by atoms with Gasteiger partial charge in [0.15, 0.2) is 5.84 Å². The molecule has 2 aromatic heterocycles. The SMILES string of the molecule is CCn1nc(Cn2cccc2/C(N)=N/O)c2ccccc21. The molecule has 0 fully saturated rings. The molecule has 6 heteroatoms. The Morgan fingerprint density at radius 2 is 2.10 bits per heavy atom. The van der Waals surface area contributed by atoms with E-state index in [-0.39, 0.29) is 5.84 Å². The highest BCUT2D eigenvalue weighted by Crippen LogP contribution is 2.20. The minimum absolute atomic E-state index is 0.0965. The molecule has 0 aliphatic heterocycles. The molecule has 3 rings (SSSR count). The zero-order valence-corrected chi connectivity index (χ0v) is 11.8. The normalized spacial score (nSPS) is 12.1. The van der Waals surface area contributed by atoms with Crippen molar-refractivity contribution in [1.82, 2.24) is 14.3 Å². The van der Waals surface area contributed by atoms with E-state index in [0.29, 0.717) is 12.2 Å². The zero-order chi connectivity index (χ0) is 14.8. The highest BCUT2D eigenvalue weighted by atomic mass is 16.4. The van der Waals surface area contributed by atoms with Gasteiger partial charge in [-0.15, -0.1) is 0 Å². The van der Waals surface area contributed by atoms with Crippen LogP contribution < -0.4 is 5.73 Å².